The minimum Gasteiger partial charge on any atom is -0.394 e. The van der Waals surface area contributed by atoms with Crippen LogP contribution in [0.4, 0.5) is 0 Å². The van der Waals surface area contributed by atoms with Gasteiger partial charge in [-0.25, -0.2) is 0 Å². The summed E-state index contributed by atoms with van der Waals surface area (Å²) in [5.41, 5.74) is 0. The lowest BCUT2D eigenvalue weighted by molar-refractivity contribution is -0.302. The van der Waals surface area contributed by atoms with E-state index in [2.05, 4.69) is 67.8 Å². The number of hydrogen-bond donors (Lipinski definition) is 6. The van der Waals surface area contributed by atoms with Crippen molar-refractivity contribution in [1.82, 2.24) is 5.32 Å². The van der Waals surface area contributed by atoms with Gasteiger partial charge in [0.1, 0.15) is 24.4 Å². The molecule has 0 radical (unpaired) electrons. The Bertz CT molecular complexity index is 989. The maximum absolute atomic E-state index is 12.8. The number of aliphatic hydroxyl groups is 5. The SMILES string of the molecule is CC/C=C\C/C=C\C/C=C\C/C=C\CCC(=O)NC(COC1OC(CO)C(O)C(O)C1O)C(O)/C=C/CC/C=C/CCCCCCCCC. The van der Waals surface area contributed by atoms with Gasteiger partial charge in [0, 0.05) is 6.42 Å². The maximum Gasteiger partial charge on any atom is 0.220 e. The van der Waals surface area contributed by atoms with Crippen LogP contribution >= 0.6 is 0 Å². The van der Waals surface area contributed by atoms with Crippen LogP contribution in [0.2, 0.25) is 0 Å². The van der Waals surface area contributed by atoms with E-state index in [0.717, 1.165) is 44.9 Å². The number of carbonyl (C=O) groups excluding carboxylic acids is 1. The molecule has 1 heterocycles. The zero-order valence-electron chi connectivity index (χ0n) is 30.2. The van der Waals surface area contributed by atoms with Crippen LogP contribution in [0.5, 0.6) is 0 Å². The highest BCUT2D eigenvalue weighted by Crippen LogP contribution is 2.22. The quantitative estimate of drug-likeness (QED) is 0.0416. The molecular formula is C40H67NO8. The van der Waals surface area contributed by atoms with Gasteiger partial charge in [-0.15, -0.1) is 0 Å². The summed E-state index contributed by atoms with van der Waals surface area (Å²) in [5.74, 6) is -0.273. The van der Waals surface area contributed by atoms with E-state index >= 15 is 0 Å². The molecule has 0 bridgehead atoms. The number of aliphatic hydroxyl groups excluding tert-OH is 5. The van der Waals surface area contributed by atoms with E-state index in [4.69, 9.17) is 9.47 Å². The summed E-state index contributed by atoms with van der Waals surface area (Å²) in [6.45, 7) is 3.53. The van der Waals surface area contributed by atoms with Gasteiger partial charge < -0.3 is 40.3 Å². The van der Waals surface area contributed by atoms with Crippen LogP contribution in [0.15, 0.2) is 72.9 Å². The zero-order valence-corrected chi connectivity index (χ0v) is 30.2. The van der Waals surface area contributed by atoms with Crippen molar-refractivity contribution < 1.29 is 39.8 Å². The van der Waals surface area contributed by atoms with E-state index < -0.39 is 49.5 Å². The highest BCUT2D eigenvalue weighted by atomic mass is 16.7. The molecule has 280 valence electrons. The summed E-state index contributed by atoms with van der Waals surface area (Å²) >= 11 is 0. The lowest BCUT2D eigenvalue weighted by Crippen LogP contribution is -2.60. The van der Waals surface area contributed by atoms with Crippen molar-refractivity contribution in [3.8, 4) is 0 Å². The first kappa shape index (κ1) is 44.7. The molecule has 1 saturated heterocycles. The number of nitrogens with one attached hydrogen (secondary N) is 1. The van der Waals surface area contributed by atoms with Crippen LogP contribution in [0.1, 0.15) is 117 Å². The van der Waals surface area contributed by atoms with Crippen molar-refractivity contribution in [2.75, 3.05) is 13.2 Å². The molecule has 7 atom stereocenters. The second-order valence-corrected chi connectivity index (χ2v) is 12.6. The van der Waals surface area contributed by atoms with Gasteiger partial charge in [-0.3, -0.25) is 4.79 Å². The fraction of sp³-hybridized carbons (Fsp3) is 0.675. The van der Waals surface area contributed by atoms with Crippen LogP contribution in [0.3, 0.4) is 0 Å². The Morgan fingerprint density at radius 1 is 0.714 bits per heavy atom. The Morgan fingerprint density at radius 3 is 1.94 bits per heavy atom. The first-order chi connectivity index (χ1) is 23.8. The molecule has 1 aliphatic rings. The number of carbonyl (C=O) groups is 1. The van der Waals surface area contributed by atoms with Gasteiger partial charge in [0.05, 0.1) is 25.4 Å². The molecular weight excluding hydrogens is 622 g/mol. The van der Waals surface area contributed by atoms with E-state index in [1.807, 2.05) is 18.2 Å². The third kappa shape index (κ3) is 22.1. The Kier molecular flexibility index (Phi) is 27.8. The lowest BCUT2D eigenvalue weighted by atomic mass is 9.99. The molecule has 0 aromatic carbocycles. The van der Waals surface area contributed by atoms with Gasteiger partial charge in [0.15, 0.2) is 6.29 Å². The number of ether oxygens (including phenoxy) is 2. The smallest absolute Gasteiger partial charge is 0.220 e. The summed E-state index contributed by atoms with van der Waals surface area (Å²) < 4.78 is 11.1. The largest absolute Gasteiger partial charge is 0.394 e. The fourth-order valence-electron chi connectivity index (χ4n) is 5.24. The van der Waals surface area contributed by atoms with Crippen LogP contribution in [0.25, 0.3) is 0 Å². The van der Waals surface area contributed by atoms with Crippen LogP contribution in [-0.4, -0.2) is 87.5 Å². The average Bonchev–Trinajstić information content (AvgIpc) is 3.10. The summed E-state index contributed by atoms with van der Waals surface area (Å²) in [6.07, 6.45) is 32.5. The Balaban J connectivity index is 2.57. The van der Waals surface area contributed by atoms with Crippen molar-refractivity contribution in [2.24, 2.45) is 0 Å². The molecule has 0 aromatic rings. The summed E-state index contributed by atoms with van der Waals surface area (Å²) in [5, 5.41) is 53.7. The highest BCUT2D eigenvalue weighted by Gasteiger charge is 2.44. The minimum atomic E-state index is -1.58. The van der Waals surface area contributed by atoms with Crippen LogP contribution in [0, 0.1) is 0 Å². The van der Waals surface area contributed by atoms with Crippen LogP contribution < -0.4 is 5.32 Å². The predicted octanol–water partition coefficient (Wildman–Crippen LogP) is 6.27. The van der Waals surface area contributed by atoms with Crippen molar-refractivity contribution in [2.45, 2.75) is 159 Å². The number of unbranched alkanes of at least 4 members (excludes halogenated alkanes) is 8. The van der Waals surface area contributed by atoms with Crippen molar-refractivity contribution in [3.63, 3.8) is 0 Å². The monoisotopic (exact) mass is 689 g/mol. The Labute approximate surface area is 296 Å². The number of rotatable bonds is 28. The summed E-state index contributed by atoms with van der Waals surface area (Å²) in [6, 6.07) is -0.860. The molecule has 0 aliphatic carbocycles. The molecule has 9 heteroatoms. The Hall–Kier alpha value is -2.37. The molecule has 6 N–H and O–H groups in total. The summed E-state index contributed by atoms with van der Waals surface area (Å²) in [7, 11) is 0. The van der Waals surface area contributed by atoms with E-state index in [9.17, 15) is 30.3 Å². The van der Waals surface area contributed by atoms with Crippen molar-refractivity contribution in [1.29, 1.82) is 0 Å². The van der Waals surface area contributed by atoms with Crippen molar-refractivity contribution >= 4 is 5.91 Å². The van der Waals surface area contributed by atoms with Gasteiger partial charge in [0.25, 0.3) is 0 Å². The third-order valence-corrected chi connectivity index (χ3v) is 8.28. The minimum absolute atomic E-state index is 0.213. The van der Waals surface area contributed by atoms with E-state index in [0.29, 0.717) is 6.42 Å². The zero-order chi connectivity index (χ0) is 36.0. The second kappa shape index (κ2) is 30.5. The third-order valence-electron chi connectivity index (χ3n) is 8.28. The normalized spacial score (nSPS) is 23.3. The highest BCUT2D eigenvalue weighted by molar-refractivity contribution is 5.76. The molecule has 7 unspecified atom stereocenters. The van der Waals surface area contributed by atoms with Gasteiger partial charge in [0.2, 0.25) is 5.91 Å². The molecule has 49 heavy (non-hydrogen) atoms. The molecule has 1 fully saturated rings. The molecule has 1 amide bonds. The molecule has 0 aromatic heterocycles. The first-order valence-electron chi connectivity index (χ1n) is 18.7. The topological polar surface area (TPSA) is 149 Å². The molecule has 0 spiro atoms. The number of allylic oxidation sites excluding steroid dienone is 11. The molecule has 0 saturated carbocycles. The maximum atomic E-state index is 12.8. The molecule has 1 aliphatic heterocycles. The van der Waals surface area contributed by atoms with Gasteiger partial charge >= 0.3 is 0 Å². The average molecular weight is 690 g/mol. The van der Waals surface area contributed by atoms with Gasteiger partial charge in [-0.05, 0) is 57.8 Å². The lowest BCUT2D eigenvalue weighted by Gasteiger charge is -2.40. The van der Waals surface area contributed by atoms with Crippen molar-refractivity contribution in [3.05, 3.63) is 72.9 Å². The fourth-order valence-corrected chi connectivity index (χ4v) is 5.24. The second-order valence-electron chi connectivity index (χ2n) is 12.6. The van der Waals surface area contributed by atoms with Gasteiger partial charge in [-0.1, -0.05) is 125 Å². The van der Waals surface area contributed by atoms with E-state index in [-0.39, 0.29) is 18.9 Å². The van der Waals surface area contributed by atoms with Gasteiger partial charge in [-0.2, -0.15) is 0 Å². The number of amides is 1. The standard InChI is InChI=1S/C40H67NO8/c1-3-5-7-9-11-13-15-17-19-21-23-25-27-29-34(43)33(32-48-40-39(47)38(46)37(45)35(31-42)49-40)41-36(44)30-28-26-24-22-20-18-16-14-12-10-8-6-4-2/h6,8,12,14,18-21,24,26-27,29,33-35,37-40,42-43,45-47H,3-5,7,9-11,13,15-17,22-23,25,28,30-32H2,1-2H3,(H,41,44)/b8-6-,14-12-,20-18-,21-19+,26-24-,29-27+. The molecule has 1 rings (SSSR count). The van der Waals surface area contributed by atoms with E-state index in [1.54, 1.807) is 6.08 Å². The number of hydrogen-bond acceptors (Lipinski definition) is 8. The predicted molar refractivity (Wildman–Crippen MR) is 198 cm³/mol. The Morgan fingerprint density at radius 2 is 1.29 bits per heavy atom. The van der Waals surface area contributed by atoms with E-state index in [1.165, 1.54) is 44.9 Å². The van der Waals surface area contributed by atoms with Crippen LogP contribution in [-0.2, 0) is 14.3 Å². The molecule has 9 nitrogen and oxygen atoms in total. The summed E-state index contributed by atoms with van der Waals surface area (Å²) in [4.78, 5) is 12.8. The first-order valence-corrected chi connectivity index (χ1v) is 18.7.